The molecule has 0 N–H and O–H groups in total. The first-order valence-corrected chi connectivity index (χ1v) is 7.71. The lowest BCUT2D eigenvalue weighted by molar-refractivity contribution is 0.469. The van der Waals surface area contributed by atoms with Crippen LogP contribution in [0.5, 0.6) is 11.6 Å². The van der Waals surface area contributed by atoms with Crippen LogP contribution in [0.1, 0.15) is 5.56 Å². The lowest BCUT2D eigenvalue weighted by Gasteiger charge is -2.10. The zero-order valence-corrected chi connectivity index (χ0v) is 13.2. The van der Waals surface area contributed by atoms with Crippen molar-refractivity contribution in [3.8, 4) is 23.0 Å². The smallest absolute Gasteiger partial charge is 0.230 e. The molecule has 4 heteroatoms. The third kappa shape index (κ3) is 2.82. The first-order valence-electron chi connectivity index (χ1n) is 7.71. The van der Waals surface area contributed by atoms with E-state index in [1.165, 1.54) is 5.56 Å². The maximum Gasteiger partial charge on any atom is 0.230 e. The topological polar surface area (TPSA) is 47.9 Å². The number of hydrogen-bond acceptors (Lipinski definition) is 4. The van der Waals surface area contributed by atoms with Crippen molar-refractivity contribution in [3.05, 3.63) is 78.6 Å². The SMILES string of the molecule is Cc1ccc(Oc2nc(-c3cccnc3)nc3ccccc23)cc1. The van der Waals surface area contributed by atoms with Crippen LogP contribution in [0.4, 0.5) is 0 Å². The molecule has 2 heterocycles. The molecule has 0 saturated carbocycles. The molecule has 0 aliphatic rings. The zero-order valence-electron chi connectivity index (χ0n) is 13.2. The molecule has 4 aromatic rings. The van der Waals surface area contributed by atoms with Crippen molar-refractivity contribution in [1.29, 1.82) is 0 Å². The Morgan fingerprint density at radius 2 is 1.67 bits per heavy atom. The van der Waals surface area contributed by atoms with E-state index < -0.39 is 0 Å². The lowest BCUT2D eigenvalue weighted by atomic mass is 10.2. The van der Waals surface area contributed by atoms with E-state index in [4.69, 9.17) is 4.74 Å². The summed E-state index contributed by atoms with van der Waals surface area (Å²) in [5.74, 6) is 1.90. The van der Waals surface area contributed by atoms with Gasteiger partial charge >= 0.3 is 0 Å². The van der Waals surface area contributed by atoms with Crippen molar-refractivity contribution in [3.63, 3.8) is 0 Å². The first-order chi connectivity index (χ1) is 11.8. The molecule has 2 aromatic heterocycles. The summed E-state index contributed by atoms with van der Waals surface area (Å²) in [5.41, 5.74) is 2.89. The van der Waals surface area contributed by atoms with Crippen LogP contribution in [0.2, 0.25) is 0 Å². The molecule has 0 spiro atoms. The molecule has 2 aromatic carbocycles. The summed E-state index contributed by atoms with van der Waals surface area (Å²) in [6.07, 6.45) is 3.48. The van der Waals surface area contributed by atoms with Crippen molar-refractivity contribution < 1.29 is 4.74 Å². The third-order valence-electron chi connectivity index (χ3n) is 3.72. The normalized spacial score (nSPS) is 10.7. The minimum absolute atomic E-state index is 0.545. The van der Waals surface area contributed by atoms with Crippen molar-refractivity contribution in [2.24, 2.45) is 0 Å². The molecule has 0 saturated heterocycles. The van der Waals surface area contributed by atoms with Gasteiger partial charge in [0.15, 0.2) is 5.82 Å². The maximum absolute atomic E-state index is 6.04. The number of benzene rings is 2. The van der Waals surface area contributed by atoms with Gasteiger partial charge in [-0.05, 0) is 43.3 Å². The van der Waals surface area contributed by atoms with Crippen LogP contribution in [-0.4, -0.2) is 15.0 Å². The average Bonchev–Trinajstić information content (AvgIpc) is 2.64. The van der Waals surface area contributed by atoms with Crippen molar-refractivity contribution >= 4 is 10.9 Å². The summed E-state index contributed by atoms with van der Waals surface area (Å²) >= 11 is 0. The van der Waals surface area contributed by atoms with Gasteiger partial charge in [0.25, 0.3) is 0 Å². The maximum atomic E-state index is 6.04. The van der Waals surface area contributed by atoms with Gasteiger partial charge in [-0.15, -0.1) is 0 Å². The molecular formula is C20H15N3O. The predicted molar refractivity (Wildman–Crippen MR) is 94.0 cm³/mol. The number of rotatable bonds is 3. The Morgan fingerprint density at radius 3 is 2.46 bits per heavy atom. The van der Waals surface area contributed by atoms with Gasteiger partial charge in [0.2, 0.25) is 5.88 Å². The van der Waals surface area contributed by atoms with Crippen LogP contribution >= 0.6 is 0 Å². The number of aromatic nitrogens is 3. The Hall–Kier alpha value is -3.27. The van der Waals surface area contributed by atoms with Crippen molar-refractivity contribution in [1.82, 2.24) is 15.0 Å². The molecule has 4 rings (SSSR count). The molecule has 0 aliphatic heterocycles. The molecule has 24 heavy (non-hydrogen) atoms. The Morgan fingerprint density at radius 1 is 0.833 bits per heavy atom. The second kappa shape index (κ2) is 6.08. The summed E-state index contributed by atoms with van der Waals surface area (Å²) in [6.45, 7) is 2.05. The Bertz CT molecular complexity index is 983. The van der Waals surface area contributed by atoms with Gasteiger partial charge in [-0.3, -0.25) is 4.98 Å². The number of fused-ring (bicyclic) bond motifs is 1. The zero-order chi connectivity index (χ0) is 16.4. The number of ether oxygens (including phenoxy) is 1. The largest absolute Gasteiger partial charge is 0.438 e. The lowest BCUT2D eigenvalue weighted by Crippen LogP contribution is -1.96. The fourth-order valence-electron chi connectivity index (χ4n) is 2.47. The van der Waals surface area contributed by atoms with E-state index in [9.17, 15) is 0 Å². The van der Waals surface area contributed by atoms with Gasteiger partial charge in [0, 0.05) is 18.0 Å². The summed E-state index contributed by atoms with van der Waals surface area (Å²) in [6, 6.07) is 19.6. The monoisotopic (exact) mass is 313 g/mol. The first kappa shape index (κ1) is 14.3. The third-order valence-corrected chi connectivity index (χ3v) is 3.72. The minimum Gasteiger partial charge on any atom is -0.438 e. The highest BCUT2D eigenvalue weighted by Gasteiger charge is 2.11. The van der Waals surface area contributed by atoms with Crippen LogP contribution in [0, 0.1) is 6.92 Å². The average molecular weight is 313 g/mol. The van der Waals surface area contributed by atoms with Gasteiger partial charge in [-0.25, -0.2) is 4.98 Å². The highest BCUT2D eigenvalue weighted by atomic mass is 16.5. The predicted octanol–water partition coefficient (Wildman–Crippen LogP) is 4.79. The highest BCUT2D eigenvalue weighted by molar-refractivity contribution is 5.85. The van der Waals surface area contributed by atoms with E-state index in [0.29, 0.717) is 11.7 Å². The van der Waals surface area contributed by atoms with E-state index in [1.807, 2.05) is 67.6 Å². The van der Waals surface area contributed by atoms with Gasteiger partial charge < -0.3 is 4.74 Å². The van der Waals surface area contributed by atoms with E-state index >= 15 is 0 Å². The van der Waals surface area contributed by atoms with Crippen LogP contribution in [0.3, 0.4) is 0 Å². The number of nitrogens with zero attached hydrogens (tertiary/aromatic N) is 3. The van der Waals surface area contributed by atoms with E-state index in [-0.39, 0.29) is 0 Å². The highest BCUT2D eigenvalue weighted by Crippen LogP contribution is 2.29. The molecule has 0 aliphatic carbocycles. The Labute approximate surface area is 139 Å². The van der Waals surface area contributed by atoms with E-state index in [0.717, 1.165) is 22.2 Å². The van der Waals surface area contributed by atoms with Gasteiger partial charge in [0.1, 0.15) is 5.75 Å². The van der Waals surface area contributed by atoms with Crippen LogP contribution in [0.25, 0.3) is 22.3 Å². The van der Waals surface area contributed by atoms with Crippen LogP contribution in [-0.2, 0) is 0 Å². The van der Waals surface area contributed by atoms with Gasteiger partial charge in [-0.2, -0.15) is 4.98 Å². The van der Waals surface area contributed by atoms with E-state index in [2.05, 4.69) is 15.0 Å². The number of pyridine rings is 1. The van der Waals surface area contributed by atoms with E-state index in [1.54, 1.807) is 12.4 Å². The minimum atomic E-state index is 0.545. The molecule has 0 bridgehead atoms. The molecule has 0 radical (unpaired) electrons. The van der Waals surface area contributed by atoms with Gasteiger partial charge in [-0.1, -0.05) is 29.8 Å². The molecule has 0 amide bonds. The van der Waals surface area contributed by atoms with Crippen LogP contribution in [0.15, 0.2) is 73.1 Å². The molecule has 0 fully saturated rings. The molecule has 4 nitrogen and oxygen atoms in total. The Balaban J connectivity index is 1.85. The fourth-order valence-corrected chi connectivity index (χ4v) is 2.47. The number of aryl methyl sites for hydroxylation is 1. The second-order valence-corrected chi connectivity index (χ2v) is 5.53. The molecule has 0 atom stereocenters. The fraction of sp³-hybridized carbons (Fsp3) is 0.0500. The van der Waals surface area contributed by atoms with Crippen LogP contribution < -0.4 is 4.74 Å². The Kier molecular flexibility index (Phi) is 3.63. The number of para-hydroxylation sites is 1. The summed E-state index contributed by atoms with van der Waals surface area (Å²) in [5, 5.41) is 0.880. The summed E-state index contributed by atoms with van der Waals surface area (Å²) in [7, 11) is 0. The summed E-state index contributed by atoms with van der Waals surface area (Å²) < 4.78 is 6.04. The van der Waals surface area contributed by atoms with Crippen molar-refractivity contribution in [2.45, 2.75) is 6.92 Å². The number of hydrogen-bond donors (Lipinski definition) is 0. The molecular weight excluding hydrogens is 298 g/mol. The second-order valence-electron chi connectivity index (χ2n) is 5.53. The van der Waals surface area contributed by atoms with Crippen molar-refractivity contribution in [2.75, 3.05) is 0 Å². The quantitative estimate of drug-likeness (QED) is 0.545. The van der Waals surface area contributed by atoms with Gasteiger partial charge in [0.05, 0.1) is 10.9 Å². The summed E-state index contributed by atoms with van der Waals surface area (Å²) in [4.78, 5) is 13.4. The molecule has 116 valence electrons. The molecule has 0 unspecified atom stereocenters. The standard InChI is InChI=1S/C20H15N3O/c1-14-8-10-16(11-9-14)24-20-17-6-2-3-7-18(17)22-19(23-20)15-5-4-12-21-13-15/h2-13H,1H3.